The van der Waals surface area contributed by atoms with Crippen molar-refractivity contribution < 1.29 is 4.74 Å². The maximum Gasteiger partial charge on any atom is 0.183 e. The first-order valence-corrected chi connectivity index (χ1v) is 11.8. The Kier molecular flexibility index (Phi) is 6.49. The second kappa shape index (κ2) is 9.28. The SMILES string of the molecule is CCCn1ncc2ccc(C(CC)Nc3nc(-c4ccc(OC)cc4Cl)c(C)s3)cc21. The average Bonchev–Trinajstić information content (AvgIpc) is 3.34. The van der Waals surface area contributed by atoms with Gasteiger partial charge in [0.15, 0.2) is 5.13 Å². The number of rotatable bonds is 8. The first-order chi connectivity index (χ1) is 15.0. The molecule has 0 aliphatic rings. The summed E-state index contributed by atoms with van der Waals surface area (Å²) in [6.45, 7) is 7.36. The summed E-state index contributed by atoms with van der Waals surface area (Å²) >= 11 is 8.15. The topological polar surface area (TPSA) is 52.0 Å². The molecule has 162 valence electrons. The van der Waals surface area contributed by atoms with Gasteiger partial charge in [0.05, 0.1) is 35.6 Å². The number of aryl methyl sites for hydroxylation is 2. The molecule has 2 heterocycles. The number of nitrogens with one attached hydrogen (secondary N) is 1. The third kappa shape index (κ3) is 4.41. The summed E-state index contributed by atoms with van der Waals surface area (Å²) in [5.74, 6) is 0.740. The summed E-state index contributed by atoms with van der Waals surface area (Å²) in [7, 11) is 1.64. The molecule has 31 heavy (non-hydrogen) atoms. The summed E-state index contributed by atoms with van der Waals surface area (Å²) in [4.78, 5) is 6.00. The van der Waals surface area contributed by atoms with E-state index in [2.05, 4.69) is 54.1 Å². The molecule has 5 nitrogen and oxygen atoms in total. The predicted octanol–water partition coefficient (Wildman–Crippen LogP) is 7.10. The van der Waals surface area contributed by atoms with Gasteiger partial charge < -0.3 is 10.1 Å². The van der Waals surface area contributed by atoms with E-state index in [9.17, 15) is 0 Å². The Morgan fingerprint density at radius 2 is 2.03 bits per heavy atom. The molecule has 0 saturated heterocycles. The zero-order chi connectivity index (χ0) is 22.0. The van der Waals surface area contributed by atoms with Gasteiger partial charge in [-0.1, -0.05) is 37.6 Å². The molecule has 4 rings (SSSR count). The number of thiazole rings is 1. The Bertz CT molecular complexity index is 1200. The highest BCUT2D eigenvalue weighted by molar-refractivity contribution is 7.16. The van der Waals surface area contributed by atoms with Crippen molar-refractivity contribution in [3.8, 4) is 17.0 Å². The van der Waals surface area contributed by atoms with Crippen LogP contribution in [0.2, 0.25) is 5.02 Å². The number of ether oxygens (including phenoxy) is 1. The molecule has 0 spiro atoms. The minimum absolute atomic E-state index is 0.166. The summed E-state index contributed by atoms with van der Waals surface area (Å²) in [5.41, 5.74) is 4.25. The second-order valence-corrected chi connectivity index (χ2v) is 9.17. The number of aromatic nitrogens is 3. The van der Waals surface area contributed by atoms with Crippen molar-refractivity contribution in [3.63, 3.8) is 0 Å². The molecule has 0 saturated carbocycles. The average molecular weight is 455 g/mol. The largest absolute Gasteiger partial charge is 0.497 e. The molecule has 0 radical (unpaired) electrons. The summed E-state index contributed by atoms with van der Waals surface area (Å²) in [5, 5.41) is 10.9. The molecule has 1 atom stereocenters. The van der Waals surface area contributed by atoms with Crippen molar-refractivity contribution in [1.82, 2.24) is 14.8 Å². The second-order valence-electron chi connectivity index (χ2n) is 7.56. The molecular formula is C24H27ClN4OS. The zero-order valence-corrected chi connectivity index (χ0v) is 19.8. The van der Waals surface area contributed by atoms with E-state index < -0.39 is 0 Å². The fourth-order valence-electron chi connectivity index (χ4n) is 3.79. The maximum atomic E-state index is 6.49. The Labute approximate surface area is 192 Å². The van der Waals surface area contributed by atoms with Crippen molar-refractivity contribution >= 4 is 39.0 Å². The Morgan fingerprint density at radius 3 is 2.74 bits per heavy atom. The molecule has 0 aliphatic heterocycles. The quantitative estimate of drug-likeness (QED) is 0.308. The molecule has 0 fully saturated rings. The van der Waals surface area contributed by atoms with Gasteiger partial charge in [-0.3, -0.25) is 4.68 Å². The van der Waals surface area contributed by atoms with Crippen LogP contribution in [0.15, 0.2) is 42.6 Å². The molecule has 1 unspecified atom stereocenters. The van der Waals surface area contributed by atoms with Gasteiger partial charge in [0.25, 0.3) is 0 Å². The van der Waals surface area contributed by atoms with E-state index in [1.165, 1.54) is 16.5 Å². The van der Waals surface area contributed by atoms with Crippen molar-refractivity contribution in [2.45, 2.75) is 46.2 Å². The molecule has 0 aliphatic carbocycles. The number of methoxy groups -OCH3 is 1. The minimum atomic E-state index is 0.166. The highest BCUT2D eigenvalue weighted by atomic mass is 35.5. The first kappa shape index (κ1) is 21.7. The van der Waals surface area contributed by atoms with E-state index in [0.717, 1.165) is 46.4 Å². The van der Waals surface area contributed by atoms with Crippen molar-refractivity contribution in [1.29, 1.82) is 0 Å². The molecule has 2 aromatic carbocycles. The van der Waals surface area contributed by atoms with Crippen LogP contribution in [-0.4, -0.2) is 21.9 Å². The number of anilines is 1. The smallest absolute Gasteiger partial charge is 0.183 e. The van der Waals surface area contributed by atoms with Crippen LogP contribution in [0, 0.1) is 6.92 Å². The molecule has 1 N–H and O–H groups in total. The molecule has 7 heteroatoms. The van der Waals surface area contributed by atoms with E-state index in [0.29, 0.717) is 5.02 Å². The van der Waals surface area contributed by atoms with Crippen molar-refractivity contribution in [3.05, 3.63) is 58.1 Å². The van der Waals surface area contributed by atoms with Gasteiger partial charge in [0.2, 0.25) is 0 Å². The van der Waals surface area contributed by atoms with Crippen LogP contribution >= 0.6 is 22.9 Å². The number of hydrogen-bond donors (Lipinski definition) is 1. The van der Waals surface area contributed by atoms with Gasteiger partial charge in [-0.2, -0.15) is 5.10 Å². The van der Waals surface area contributed by atoms with Gasteiger partial charge in [-0.25, -0.2) is 4.98 Å². The first-order valence-electron chi connectivity index (χ1n) is 10.6. The molecule has 2 aromatic heterocycles. The van der Waals surface area contributed by atoms with Gasteiger partial charge >= 0.3 is 0 Å². The lowest BCUT2D eigenvalue weighted by Crippen LogP contribution is -2.10. The van der Waals surface area contributed by atoms with Gasteiger partial charge in [-0.15, -0.1) is 11.3 Å². The number of halogens is 1. The zero-order valence-electron chi connectivity index (χ0n) is 18.3. The minimum Gasteiger partial charge on any atom is -0.497 e. The van der Waals surface area contributed by atoms with Crippen LogP contribution < -0.4 is 10.1 Å². The highest BCUT2D eigenvalue weighted by Crippen LogP contribution is 2.37. The van der Waals surface area contributed by atoms with E-state index in [-0.39, 0.29) is 6.04 Å². The lowest BCUT2D eigenvalue weighted by atomic mass is 10.0. The van der Waals surface area contributed by atoms with E-state index in [1.807, 2.05) is 24.4 Å². The van der Waals surface area contributed by atoms with E-state index in [1.54, 1.807) is 18.4 Å². The standard InChI is InChI=1S/C24H27ClN4OS/c1-5-11-29-22-12-16(7-8-17(22)14-26-29)21(6-2)27-24-28-23(15(3)31-24)19-10-9-18(30-4)13-20(19)25/h7-10,12-14,21H,5-6,11H2,1-4H3,(H,27,28). The van der Waals surface area contributed by atoms with Gasteiger partial charge in [-0.05, 0) is 49.6 Å². The molecule has 0 amide bonds. The molecule has 0 bridgehead atoms. The molecular weight excluding hydrogens is 428 g/mol. The van der Waals surface area contributed by atoms with Crippen LogP contribution in [0.1, 0.15) is 43.2 Å². The summed E-state index contributed by atoms with van der Waals surface area (Å²) in [6.07, 6.45) is 3.95. The lowest BCUT2D eigenvalue weighted by Gasteiger charge is -2.17. The third-order valence-corrected chi connectivity index (χ3v) is 6.66. The third-order valence-electron chi connectivity index (χ3n) is 5.44. The number of fused-ring (bicyclic) bond motifs is 1. The van der Waals surface area contributed by atoms with Crippen LogP contribution in [0.5, 0.6) is 5.75 Å². The summed E-state index contributed by atoms with van der Waals surface area (Å²) in [6, 6.07) is 12.5. The van der Waals surface area contributed by atoms with Crippen molar-refractivity contribution in [2.24, 2.45) is 0 Å². The van der Waals surface area contributed by atoms with Crippen LogP contribution in [0.25, 0.3) is 22.2 Å². The fraction of sp³-hybridized carbons (Fsp3) is 0.333. The fourth-order valence-corrected chi connectivity index (χ4v) is 4.93. The van der Waals surface area contributed by atoms with E-state index in [4.69, 9.17) is 21.3 Å². The van der Waals surface area contributed by atoms with Crippen LogP contribution in [-0.2, 0) is 6.54 Å². The van der Waals surface area contributed by atoms with Gasteiger partial charge in [0, 0.05) is 22.4 Å². The number of hydrogen-bond acceptors (Lipinski definition) is 5. The van der Waals surface area contributed by atoms with Crippen LogP contribution in [0.3, 0.4) is 0 Å². The Hall–Kier alpha value is -2.57. The van der Waals surface area contributed by atoms with Gasteiger partial charge in [0.1, 0.15) is 5.75 Å². The summed E-state index contributed by atoms with van der Waals surface area (Å²) < 4.78 is 7.35. The van der Waals surface area contributed by atoms with E-state index >= 15 is 0 Å². The monoisotopic (exact) mass is 454 g/mol. The maximum absolute atomic E-state index is 6.49. The number of nitrogens with zero attached hydrogens (tertiary/aromatic N) is 3. The predicted molar refractivity (Wildman–Crippen MR) is 131 cm³/mol. The number of benzene rings is 2. The Morgan fingerprint density at radius 1 is 1.19 bits per heavy atom. The Balaban J connectivity index is 1.62. The van der Waals surface area contributed by atoms with Crippen LogP contribution in [0.4, 0.5) is 5.13 Å². The lowest BCUT2D eigenvalue weighted by molar-refractivity contribution is 0.415. The normalized spacial score (nSPS) is 12.3. The highest BCUT2D eigenvalue weighted by Gasteiger charge is 2.17. The van der Waals surface area contributed by atoms with Crippen molar-refractivity contribution in [2.75, 3.05) is 12.4 Å². The molecule has 4 aromatic rings.